The average Bonchev–Trinajstić information content (AvgIpc) is 1.78. The van der Waals surface area contributed by atoms with E-state index in [0.717, 1.165) is 13.0 Å². The van der Waals surface area contributed by atoms with E-state index in [2.05, 4.69) is 9.68 Å². The van der Waals surface area contributed by atoms with Crippen molar-refractivity contribution in [3.05, 3.63) is 0 Å². The maximum Gasteiger partial charge on any atom is 0.0496 e. The van der Waals surface area contributed by atoms with Crippen LogP contribution in [0.2, 0.25) is 0 Å². The van der Waals surface area contributed by atoms with Gasteiger partial charge in [0.25, 0.3) is 0 Å². The van der Waals surface area contributed by atoms with Gasteiger partial charge >= 0.3 is 0 Å². The van der Waals surface area contributed by atoms with E-state index >= 15 is 0 Å². The molecule has 0 fully saturated rings. The lowest BCUT2D eigenvalue weighted by atomic mass is 10.4. The van der Waals surface area contributed by atoms with E-state index < -0.39 is 9.73 Å². The second-order valence-electron chi connectivity index (χ2n) is 2.49. The fourth-order valence-electron chi connectivity index (χ4n) is 0.540. The maximum absolute atomic E-state index is 11.0. The second kappa shape index (κ2) is 4.68. The Morgan fingerprint density at radius 3 is 2.50 bits per heavy atom. The molecular formula is C6H16N2OS. The lowest BCUT2D eigenvalue weighted by Gasteiger charge is -1.96. The maximum atomic E-state index is 11.0. The summed E-state index contributed by atoms with van der Waals surface area (Å²) in [6.07, 6.45) is 4.29. The van der Waals surface area contributed by atoms with Gasteiger partial charge in [-0.05, 0) is 20.0 Å². The van der Waals surface area contributed by atoms with Crippen molar-refractivity contribution < 1.29 is 4.21 Å². The van der Waals surface area contributed by atoms with Crippen LogP contribution >= 0.6 is 0 Å². The molecule has 62 valence electrons. The largest absolute Gasteiger partial charge is 0.320 e. The number of hydrogen-bond acceptors (Lipinski definition) is 3. The van der Waals surface area contributed by atoms with E-state index in [4.69, 9.17) is 0 Å². The summed E-state index contributed by atoms with van der Waals surface area (Å²) in [6, 6.07) is 0. The molecule has 0 aliphatic heterocycles. The minimum atomic E-state index is -1.86. The van der Waals surface area contributed by atoms with E-state index in [9.17, 15) is 4.21 Å². The molecule has 0 atom stereocenters. The third-order valence-electron chi connectivity index (χ3n) is 0.987. The first-order valence-electron chi connectivity index (χ1n) is 3.34. The van der Waals surface area contributed by atoms with E-state index in [-0.39, 0.29) is 0 Å². The zero-order valence-corrected chi connectivity index (χ0v) is 7.70. The van der Waals surface area contributed by atoms with Gasteiger partial charge in [0.15, 0.2) is 0 Å². The van der Waals surface area contributed by atoms with Gasteiger partial charge in [-0.25, -0.2) is 4.36 Å². The Morgan fingerprint density at radius 1 is 1.50 bits per heavy atom. The number of hydrogen-bond donors (Lipinski definition) is 1. The topological polar surface area (TPSA) is 41.5 Å². The van der Waals surface area contributed by atoms with Crippen LogP contribution < -0.4 is 5.32 Å². The van der Waals surface area contributed by atoms with Crippen LogP contribution in [0.1, 0.15) is 6.42 Å². The highest BCUT2D eigenvalue weighted by Crippen LogP contribution is 1.85. The zero-order chi connectivity index (χ0) is 8.04. The molecule has 0 saturated heterocycles. The summed E-state index contributed by atoms with van der Waals surface area (Å²) in [5.41, 5.74) is 0. The van der Waals surface area contributed by atoms with Gasteiger partial charge in [0.2, 0.25) is 0 Å². The first-order valence-corrected chi connectivity index (χ1v) is 5.67. The molecule has 0 amide bonds. The molecule has 0 aliphatic carbocycles. The van der Waals surface area contributed by atoms with E-state index in [1.807, 2.05) is 7.05 Å². The van der Waals surface area contributed by atoms with Crippen molar-refractivity contribution in [3.8, 4) is 0 Å². The molecule has 0 radical (unpaired) electrons. The van der Waals surface area contributed by atoms with Gasteiger partial charge in [-0.1, -0.05) is 0 Å². The minimum Gasteiger partial charge on any atom is -0.320 e. The Balaban J connectivity index is 3.45. The highest BCUT2D eigenvalue weighted by Gasteiger charge is 1.87. The number of nitrogens with one attached hydrogen (secondary N) is 1. The summed E-state index contributed by atoms with van der Waals surface area (Å²) in [4.78, 5) is 0. The Hall–Kier alpha value is -0.0900. The van der Waals surface area contributed by atoms with Crippen LogP contribution in [-0.2, 0) is 9.73 Å². The van der Waals surface area contributed by atoms with Crippen LogP contribution in [0, 0.1) is 0 Å². The molecule has 0 aliphatic rings. The SMILES string of the molecule is CNCCCN=S(C)(C)=O. The second-order valence-corrected chi connectivity index (χ2v) is 5.11. The minimum absolute atomic E-state index is 0.701. The van der Waals surface area contributed by atoms with E-state index in [0.29, 0.717) is 6.54 Å². The summed E-state index contributed by atoms with van der Waals surface area (Å²) < 4.78 is 14.9. The summed E-state index contributed by atoms with van der Waals surface area (Å²) in [5, 5.41) is 3.00. The molecule has 3 nitrogen and oxygen atoms in total. The van der Waals surface area contributed by atoms with E-state index in [1.54, 1.807) is 12.5 Å². The summed E-state index contributed by atoms with van der Waals surface area (Å²) in [6.45, 7) is 1.64. The van der Waals surface area contributed by atoms with Crippen LogP contribution in [0.5, 0.6) is 0 Å². The van der Waals surface area contributed by atoms with Crippen molar-refractivity contribution in [2.45, 2.75) is 6.42 Å². The fourth-order valence-corrected chi connectivity index (χ4v) is 1.11. The van der Waals surface area contributed by atoms with Gasteiger partial charge in [-0.2, -0.15) is 0 Å². The average molecular weight is 164 g/mol. The van der Waals surface area contributed by atoms with Crippen molar-refractivity contribution >= 4 is 9.73 Å². The Labute approximate surface area is 63.4 Å². The molecule has 0 heterocycles. The van der Waals surface area contributed by atoms with E-state index in [1.165, 1.54) is 0 Å². The summed E-state index contributed by atoms with van der Waals surface area (Å²) in [5.74, 6) is 0. The first kappa shape index (κ1) is 9.91. The molecule has 0 aromatic carbocycles. The monoisotopic (exact) mass is 164 g/mol. The Bertz CT molecular complexity index is 174. The van der Waals surface area contributed by atoms with Crippen molar-refractivity contribution in [2.75, 3.05) is 32.6 Å². The molecule has 0 aromatic rings. The fraction of sp³-hybridized carbons (Fsp3) is 1.00. The van der Waals surface area contributed by atoms with Crippen LogP contribution in [-0.4, -0.2) is 36.9 Å². The molecule has 0 aromatic heterocycles. The van der Waals surface area contributed by atoms with Gasteiger partial charge in [0.1, 0.15) is 0 Å². The van der Waals surface area contributed by atoms with Crippen molar-refractivity contribution in [1.29, 1.82) is 0 Å². The van der Waals surface area contributed by atoms with Gasteiger partial charge in [-0.3, -0.25) is 4.21 Å². The van der Waals surface area contributed by atoms with Crippen LogP contribution in [0.4, 0.5) is 0 Å². The Kier molecular flexibility index (Phi) is 4.64. The molecule has 0 bridgehead atoms. The van der Waals surface area contributed by atoms with Gasteiger partial charge < -0.3 is 5.32 Å². The normalized spacial score (nSPS) is 11.5. The first-order chi connectivity index (χ1) is 4.56. The predicted octanol–water partition coefficient (Wildman–Crippen LogP) is 0.323. The van der Waals surface area contributed by atoms with Gasteiger partial charge in [0, 0.05) is 28.8 Å². The smallest absolute Gasteiger partial charge is 0.0496 e. The van der Waals surface area contributed by atoms with Crippen LogP contribution in [0.25, 0.3) is 0 Å². The third-order valence-corrected chi connectivity index (χ3v) is 1.79. The highest BCUT2D eigenvalue weighted by atomic mass is 32.2. The predicted molar refractivity (Wildman–Crippen MR) is 45.8 cm³/mol. The number of rotatable bonds is 4. The zero-order valence-electron chi connectivity index (χ0n) is 6.89. The standard InChI is InChI=1S/C6H16N2OS/c1-7-5-4-6-8-10(2,3)9/h7H,4-6H2,1-3H3. The molecule has 10 heavy (non-hydrogen) atoms. The molecule has 4 heteroatoms. The molecular weight excluding hydrogens is 148 g/mol. The van der Waals surface area contributed by atoms with Crippen molar-refractivity contribution in [1.82, 2.24) is 5.32 Å². The van der Waals surface area contributed by atoms with Crippen LogP contribution in [0.3, 0.4) is 0 Å². The Morgan fingerprint density at radius 2 is 2.10 bits per heavy atom. The van der Waals surface area contributed by atoms with Gasteiger partial charge in [-0.15, -0.1) is 0 Å². The van der Waals surface area contributed by atoms with Crippen molar-refractivity contribution in [3.63, 3.8) is 0 Å². The molecule has 0 saturated carbocycles. The highest BCUT2D eigenvalue weighted by molar-refractivity contribution is 7.92. The molecule has 0 rings (SSSR count). The van der Waals surface area contributed by atoms with Crippen LogP contribution in [0.15, 0.2) is 4.36 Å². The lowest BCUT2D eigenvalue weighted by Crippen LogP contribution is -2.08. The molecule has 1 N–H and O–H groups in total. The summed E-state index contributed by atoms with van der Waals surface area (Å²) >= 11 is 0. The third kappa shape index (κ3) is 7.91. The van der Waals surface area contributed by atoms with Gasteiger partial charge in [0.05, 0.1) is 0 Å². The molecule has 0 spiro atoms. The quantitative estimate of drug-likeness (QED) is 0.608. The lowest BCUT2D eigenvalue weighted by molar-refractivity contribution is 0.678. The van der Waals surface area contributed by atoms with Crippen molar-refractivity contribution in [2.24, 2.45) is 4.36 Å². The summed E-state index contributed by atoms with van der Waals surface area (Å²) in [7, 11) is 0.0406. The number of nitrogens with zero attached hydrogens (tertiary/aromatic N) is 1. The molecule has 0 unspecified atom stereocenters.